The van der Waals surface area contributed by atoms with E-state index in [-0.39, 0.29) is 23.8 Å². The number of hydrogen-bond acceptors (Lipinski definition) is 6. The molecule has 1 aliphatic rings. The fraction of sp³-hybridized carbons (Fsp3) is 0.421. The lowest BCUT2D eigenvalue weighted by atomic mass is 9.95. The first-order chi connectivity index (χ1) is 24.0. The van der Waals surface area contributed by atoms with Gasteiger partial charge in [0.05, 0.1) is 22.2 Å². The molecule has 2 amide bonds. The van der Waals surface area contributed by atoms with Crippen molar-refractivity contribution in [1.82, 2.24) is 29.3 Å². The van der Waals surface area contributed by atoms with E-state index in [0.717, 1.165) is 48.2 Å². The molecule has 2 atom stereocenters. The summed E-state index contributed by atoms with van der Waals surface area (Å²) < 4.78 is 28.9. The zero-order valence-electron chi connectivity index (χ0n) is 29.1. The van der Waals surface area contributed by atoms with Crippen molar-refractivity contribution in [3.8, 4) is 5.69 Å². The summed E-state index contributed by atoms with van der Waals surface area (Å²) in [5.74, 6) is 0.507. The maximum atomic E-state index is 14.3. The molecule has 0 radical (unpaired) electrons. The number of imidazole rings is 2. The molecular weight excluding hydrogens is 639 g/mol. The quantitative estimate of drug-likeness (QED) is 0.163. The van der Waals surface area contributed by atoms with Gasteiger partial charge in [-0.3, -0.25) is 9.36 Å². The van der Waals surface area contributed by atoms with Gasteiger partial charge in [-0.05, 0) is 88.4 Å². The predicted molar refractivity (Wildman–Crippen MR) is 190 cm³/mol. The first kappa shape index (κ1) is 34.9. The van der Waals surface area contributed by atoms with Crippen molar-refractivity contribution < 1.29 is 23.5 Å². The number of benzene rings is 3. The number of ether oxygens (including phenoxy) is 2. The number of para-hydroxylation sites is 3. The van der Waals surface area contributed by atoms with Crippen molar-refractivity contribution in [2.45, 2.75) is 77.0 Å². The fourth-order valence-electron chi connectivity index (χ4n) is 6.83. The molecule has 1 fully saturated rings. The van der Waals surface area contributed by atoms with Crippen LogP contribution >= 0.6 is 0 Å². The normalized spacial score (nSPS) is 15.8. The minimum Gasteiger partial charge on any atom is -0.444 e. The van der Waals surface area contributed by atoms with Gasteiger partial charge in [0.1, 0.15) is 22.8 Å². The number of amides is 2. The minimum atomic E-state index is -0.707. The number of hydrogen-bond donors (Lipinski definition) is 2. The number of aromatic nitrogens is 4. The van der Waals surface area contributed by atoms with E-state index in [4.69, 9.17) is 14.5 Å². The van der Waals surface area contributed by atoms with Gasteiger partial charge >= 0.3 is 11.8 Å². The average Bonchev–Trinajstić information content (AvgIpc) is 3.62. The Balaban J connectivity index is 1.19. The van der Waals surface area contributed by atoms with Gasteiger partial charge < -0.3 is 29.2 Å². The Kier molecular flexibility index (Phi) is 10.4. The Morgan fingerprint density at radius 3 is 2.58 bits per heavy atom. The molecule has 264 valence electrons. The molecule has 50 heavy (non-hydrogen) atoms. The predicted octanol–water partition coefficient (Wildman–Crippen LogP) is 6.08. The molecule has 1 aliphatic heterocycles. The Labute approximate surface area is 290 Å². The first-order valence-corrected chi connectivity index (χ1v) is 17.2. The minimum absolute atomic E-state index is 0.0539. The summed E-state index contributed by atoms with van der Waals surface area (Å²) >= 11 is 0. The molecule has 0 unspecified atom stereocenters. The van der Waals surface area contributed by atoms with Crippen molar-refractivity contribution in [1.29, 1.82) is 0 Å². The van der Waals surface area contributed by atoms with Crippen LogP contribution in [0.5, 0.6) is 0 Å². The lowest BCUT2D eigenvalue weighted by molar-refractivity contribution is -0.133. The van der Waals surface area contributed by atoms with E-state index in [9.17, 15) is 18.8 Å². The molecule has 0 spiro atoms. The SMILES string of the molecule is COCCCn1c([C@@H]2CCCN(C(=O)C[C@@H](Cc3ccc(-n4c(=O)[nH]c5c(F)cccc54)cc3)NC(=O)OC(C)(C)C)C2)nc2ccccc21. The zero-order chi connectivity index (χ0) is 35.4. The van der Waals surface area contributed by atoms with E-state index in [1.165, 1.54) is 10.6 Å². The molecule has 0 bridgehead atoms. The molecule has 6 rings (SSSR count). The number of methoxy groups -OCH3 is 1. The van der Waals surface area contributed by atoms with Gasteiger partial charge in [-0.1, -0.05) is 30.3 Å². The summed E-state index contributed by atoms with van der Waals surface area (Å²) in [6.07, 6.45) is 2.47. The smallest absolute Gasteiger partial charge is 0.407 e. The van der Waals surface area contributed by atoms with Crippen LogP contribution in [0.15, 0.2) is 71.5 Å². The number of aromatic amines is 1. The van der Waals surface area contributed by atoms with E-state index >= 15 is 0 Å². The number of alkyl carbamates (subject to hydrolysis) is 1. The largest absolute Gasteiger partial charge is 0.444 e. The molecule has 2 aromatic heterocycles. The Morgan fingerprint density at radius 1 is 1.06 bits per heavy atom. The number of piperidine rings is 1. The molecular formula is C38H45FN6O5. The van der Waals surface area contributed by atoms with Crippen LogP contribution in [0.2, 0.25) is 0 Å². The van der Waals surface area contributed by atoms with Crippen molar-refractivity contribution >= 4 is 34.1 Å². The number of rotatable bonds is 11. The lowest BCUT2D eigenvalue weighted by Gasteiger charge is -2.34. The first-order valence-electron chi connectivity index (χ1n) is 17.2. The molecule has 11 nitrogen and oxygen atoms in total. The summed E-state index contributed by atoms with van der Waals surface area (Å²) in [6, 6.07) is 19.3. The highest BCUT2D eigenvalue weighted by Crippen LogP contribution is 2.30. The fourth-order valence-corrected chi connectivity index (χ4v) is 6.83. The van der Waals surface area contributed by atoms with Crippen molar-refractivity contribution in [3.63, 3.8) is 0 Å². The van der Waals surface area contributed by atoms with Gasteiger partial charge in [0.25, 0.3) is 0 Å². The van der Waals surface area contributed by atoms with Crippen molar-refractivity contribution in [2.75, 3.05) is 26.8 Å². The van der Waals surface area contributed by atoms with Gasteiger partial charge in [-0.2, -0.15) is 0 Å². The van der Waals surface area contributed by atoms with Crippen molar-refractivity contribution in [3.05, 3.63) is 94.4 Å². The Morgan fingerprint density at radius 2 is 1.82 bits per heavy atom. The third-order valence-electron chi connectivity index (χ3n) is 9.04. The number of carbonyl (C=O) groups excluding carboxylic acids is 2. The van der Waals surface area contributed by atoms with Gasteiger partial charge in [0.2, 0.25) is 5.91 Å². The third-order valence-corrected chi connectivity index (χ3v) is 9.04. The highest BCUT2D eigenvalue weighted by atomic mass is 19.1. The molecule has 2 N–H and O–H groups in total. The van der Waals surface area contributed by atoms with Crippen LogP contribution in [-0.4, -0.2) is 74.5 Å². The number of nitrogens with zero attached hydrogens (tertiary/aromatic N) is 4. The van der Waals surface area contributed by atoms with Gasteiger partial charge in [0.15, 0.2) is 0 Å². The van der Waals surface area contributed by atoms with Crippen LogP contribution in [-0.2, 0) is 27.2 Å². The van der Waals surface area contributed by atoms with E-state index in [1.807, 2.05) is 35.2 Å². The Bertz CT molecular complexity index is 2030. The summed E-state index contributed by atoms with van der Waals surface area (Å²) in [7, 11) is 1.70. The lowest BCUT2D eigenvalue weighted by Crippen LogP contribution is -2.46. The maximum absolute atomic E-state index is 14.3. The summed E-state index contributed by atoms with van der Waals surface area (Å²) in [5, 5.41) is 2.93. The third kappa shape index (κ3) is 7.91. The van der Waals surface area contributed by atoms with Gasteiger partial charge in [-0.15, -0.1) is 0 Å². The number of likely N-dealkylation sites (tertiary alicyclic amines) is 1. The molecule has 3 aromatic carbocycles. The number of aryl methyl sites for hydroxylation is 1. The molecule has 3 heterocycles. The second-order valence-corrected chi connectivity index (χ2v) is 14.0. The Hall–Kier alpha value is -4.97. The monoisotopic (exact) mass is 684 g/mol. The highest BCUT2D eigenvalue weighted by molar-refractivity contribution is 5.79. The number of H-pyrrole nitrogens is 1. The molecule has 12 heteroatoms. The van der Waals surface area contributed by atoms with Crippen molar-refractivity contribution in [2.24, 2.45) is 0 Å². The molecule has 5 aromatic rings. The standard InChI is InChI=1S/C38H45FN6O5/c1-38(2,3)50-37(48)40-27(22-25-15-17-28(18-16-25)45-32-14-7-11-29(39)34(32)42-36(45)47)23-33(46)43-19-8-10-26(24-43)35-41-30-12-5-6-13-31(30)44(35)20-9-21-49-4/h5-7,11-18,26-27H,8-10,19-24H2,1-4H3,(H,40,48)(H,42,47)/t26-,27-/m1/s1. The summed E-state index contributed by atoms with van der Waals surface area (Å²) in [5.41, 5.74) is 2.86. The number of fused-ring (bicyclic) bond motifs is 2. The van der Waals surface area contributed by atoms with E-state index in [1.54, 1.807) is 52.1 Å². The highest BCUT2D eigenvalue weighted by Gasteiger charge is 2.31. The second kappa shape index (κ2) is 14.9. The van der Waals surface area contributed by atoms with E-state index in [0.29, 0.717) is 37.3 Å². The van der Waals surface area contributed by atoms with Crippen LogP contribution in [0.3, 0.4) is 0 Å². The maximum Gasteiger partial charge on any atom is 0.407 e. The molecule has 0 aliphatic carbocycles. The van der Waals surface area contributed by atoms with Crippen LogP contribution in [0, 0.1) is 5.82 Å². The molecule has 1 saturated heterocycles. The number of carbonyl (C=O) groups is 2. The molecule has 0 saturated carbocycles. The number of halogens is 1. The average molecular weight is 685 g/mol. The van der Waals surface area contributed by atoms with Crippen LogP contribution in [0.1, 0.15) is 63.8 Å². The van der Waals surface area contributed by atoms with E-state index in [2.05, 4.69) is 20.9 Å². The summed E-state index contributed by atoms with van der Waals surface area (Å²) in [4.78, 5) is 49.1. The second-order valence-electron chi connectivity index (χ2n) is 14.0. The zero-order valence-corrected chi connectivity index (χ0v) is 29.1. The van der Waals surface area contributed by atoms with Gasteiger partial charge in [-0.25, -0.2) is 19.0 Å². The van der Waals surface area contributed by atoms with Crippen LogP contribution < -0.4 is 11.0 Å². The topological polar surface area (TPSA) is 123 Å². The van der Waals surface area contributed by atoms with Gasteiger partial charge in [0, 0.05) is 51.7 Å². The number of nitrogens with one attached hydrogen (secondary N) is 2. The van der Waals surface area contributed by atoms with Crippen LogP contribution in [0.4, 0.5) is 9.18 Å². The van der Waals surface area contributed by atoms with E-state index < -0.39 is 29.2 Å². The summed E-state index contributed by atoms with van der Waals surface area (Å²) in [6.45, 7) is 7.98. The van der Waals surface area contributed by atoms with Crippen LogP contribution in [0.25, 0.3) is 27.8 Å².